The van der Waals surface area contributed by atoms with E-state index in [9.17, 15) is 13.2 Å². The van der Waals surface area contributed by atoms with E-state index >= 15 is 0 Å². The molecule has 2 amide bonds. The largest absolute Gasteiger partial charge is 0.334 e. The summed E-state index contributed by atoms with van der Waals surface area (Å²) in [6.07, 6.45) is 6.12. The van der Waals surface area contributed by atoms with Crippen LogP contribution in [0.1, 0.15) is 49.7 Å². The van der Waals surface area contributed by atoms with Crippen molar-refractivity contribution in [2.24, 2.45) is 0 Å². The summed E-state index contributed by atoms with van der Waals surface area (Å²) in [5, 5.41) is 2.98. The number of amides is 2. The molecule has 2 fully saturated rings. The standard InChI is InChI=1S/C19H28N2O3S/c1-15-7-5-6-8-16(15)13-21(18-9-3-2-4-10-18)19(22)20-17-11-12-25(23,24)14-17/h5-8,17-18H,2-4,9-14H2,1H3,(H,20,22)/t17-/m1/s1. The van der Waals surface area contributed by atoms with E-state index in [4.69, 9.17) is 0 Å². The van der Waals surface area contributed by atoms with Gasteiger partial charge in [0, 0.05) is 18.6 Å². The summed E-state index contributed by atoms with van der Waals surface area (Å²) >= 11 is 0. The molecule has 6 heteroatoms. The minimum absolute atomic E-state index is 0.0710. The molecule has 1 aliphatic carbocycles. The summed E-state index contributed by atoms with van der Waals surface area (Å²) in [6.45, 7) is 2.65. The second-order valence-electron chi connectivity index (χ2n) is 7.40. The molecule has 1 aliphatic heterocycles. The van der Waals surface area contributed by atoms with Crippen LogP contribution in [0.5, 0.6) is 0 Å². The molecule has 0 radical (unpaired) electrons. The fourth-order valence-electron chi connectivity index (χ4n) is 3.90. The lowest BCUT2D eigenvalue weighted by Crippen LogP contribution is -2.49. The van der Waals surface area contributed by atoms with Gasteiger partial charge in [0.15, 0.2) is 9.84 Å². The van der Waals surface area contributed by atoms with Gasteiger partial charge in [0.2, 0.25) is 0 Å². The van der Waals surface area contributed by atoms with Crippen LogP contribution < -0.4 is 5.32 Å². The average molecular weight is 365 g/mol. The lowest BCUT2D eigenvalue weighted by atomic mass is 9.93. The molecule has 1 atom stereocenters. The van der Waals surface area contributed by atoms with Crippen LogP contribution in [0.3, 0.4) is 0 Å². The Morgan fingerprint density at radius 2 is 1.88 bits per heavy atom. The van der Waals surface area contributed by atoms with Crippen LogP contribution in [0.4, 0.5) is 4.79 Å². The van der Waals surface area contributed by atoms with Crippen molar-refractivity contribution in [1.29, 1.82) is 0 Å². The van der Waals surface area contributed by atoms with Gasteiger partial charge in [-0.15, -0.1) is 0 Å². The van der Waals surface area contributed by atoms with Crippen LogP contribution in [-0.4, -0.2) is 42.9 Å². The first-order valence-corrected chi connectivity index (χ1v) is 11.1. The zero-order valence-corrected chi connectivity index (χ0v) is 15.7. The zero-order chi connectivity index (χ0) is 17.9. The number of urea groups is 1. The molecule has 1 saturated heterocycles. The van der Waals surface area contributed by atoms with E-state index < -0.39 is 9.84 Å². The molecule has 0 aromatic heterocycles. The van der Waals surface area contributed by atoms with Gasteiger partial charge in [0.1, 0.15) is 0 Å². The first kappa shape index (κ1) is 18.2. The van der Waals surface area contributed by atoms with Gasteiger partial charge in [-0.25, -0.2) is 13.2 Å². The number of nitrogens with zero attached hydrogens (tertiary/aromatic N) is 1. The molecule has 1 aromatic carbocycles. The van der Waals surface area contributed by atoms with E-state index in [0.717, 1.165) is 31.2 Å². The van der Waals surface area contributed by atoms with Crippen molar-refractivity contribution in [2.75, 3.05) is 11.5 Å². The highest BCUT2D eigenvalue weighted by molar-refractivity contribution is 7.91. The Bertz CT molecular complexity index is 711. The van der Waals surface area contributed by atoms with Crippen LogP contribution in [0, 0.1) is 6.92 Å². The molecule has 25 heavy (non-hydrogen) atoms. The normalized spacial score (nSPS) is 23.3. The van der Waals surface area contributed by atoms with Gasteiger partial charge in [-0.05, 0) is 37.3 Å². The second kappa shape index (κ2) is 7.77. The number of sulfone groups is 1. The Hall–Kier alpha value is -1.56. The third-order valence-electron chi connectivity index (χ3n) is 5.44. The van der Waals surface area contributed by atoms with Crippen LogP contribution in [0.2, 0.25) is 0 Å². The van der Waals surface area contributed by atoms with E-state index in [1.54, 1.807) is 0 Å². The fourth-order valence-corrected chi connectivity index (χ4v) is 5.57. The molecule has 1 saturated carbocycles. The first-order valence-electron chi connectivity index (χ1n) is 9.27. The molecular weight excluding hydrogens is 336 g/mol. The van der Waals surface area contributed by atoms with Crippen molar-refractivity contribution < 1.29 is 13.2 Å². The van der Waals surface area contributed by atoms with Crippen molar-refractivity contribution in [3.63, 3.8) is 0 Å². The summed E-state index contributed by atoms with van der Waals surface area (Å²) in [5.74, 6) is 0.251. The quantitative estimate of drug-likeness (QED) is 0.893. The molecular formula is C19H28N2O3S. The average Bonchev–Trinajstić information content (AvgIpc) is 2.93. The van der Waals surface area contributed by atoms with Crippen LogP contribution in [0.25, 0.3) is 0 Å². The molecule has 0 unspecified atom stereocenters. The fraction of sp³-hybridized carbons (Fsp3) is 0.632. The second-order valence-corrected chi connectivity index (χ2v) is 9.62. The van der Waals surface area contributed by atoms with Gasteiger partial charge < -0.3 is 10.2 Å². The molecule has 5 nitrogen and oxygen atoms in total. The Labute approximate surface area is 150 Å². The van der Waals surface area contributed by atoms with Crippen molar-refractivity contribution in [1.82, 2.24) is 10.2 Å². The number of rotatable bonds is 4. The molecule has 2 aliphatic rings. The SMILES string of the molecule is Cc1ccccc1CN(C(=O)N[C@@H]1CCS(=O)(=O)C1)C1CCCCC1. The van der Waals surface area contributed by atoms with Crippen molar-refractivity contribution in [2.45, 2.75) is 64.1 Å². The van der Waals surface area contributed by atoms with Crippen LogP contribution in [0.15, 0.2) is 24.3 Å². The predicted molar refractivity (Wildman–Crippen MR) is 99.2 cm³/mol. The zero-order valence-electron chi connectivity index (χ0n) is 14.9. The molecule has 1 N–H and O–H groups in total. The third-order valence-corrected chi connectivity index (χ3v) is 7.21. The lowest BCUT2D eigenvalue weighted by Gasteiger charge is -2.35. The monoisotopic (exact) mass is 364 g/mol. The molecule has 1 aromatic rings. The molecule has 1 heterocycles. The highest BCUT2D eigenvalue weighted by Gasteiger charge is 2.32. The van der Waals surface area contributed by atoms with Gasteiger partial charge in [-0.1, -0.05) is 43.5 Å². The molecule has 0 spiro atoms. The highest BCUT2D eigenvalue weighted by Crippen LogP contribution is 2.25. The number of carbonyl (C=O) groups excluding carboxylic acids is 1. The number of hydrogen-bond acceptors (Lipinski definition) is 3. The topological polar surface area (TPSA) is 66.5 Å². The van der Waals surface area contributed by atoms with Gasteiger partial charge in [0.05, 0.1) is 11.5 Å². The number of hydrogen-bond donors (Lipinski definition) is 1. The van der Waals surface area contributed by atoms with Gasteiger partial charge in [-0.3, -0.25) is 0 Å². The number of benzene rings is 1. The number of aryl methyl sites for hydroxylation is 1. The van der Waals surface area contributed by atoms with Crippen molar-refractivity contribution in [3.8, 4) is 0 Å². The number of nitrogens with one attached hydrogen (secondary N) is 1. The minimum atomic E-state index is -2.99. The Kier molecular flexibility index (Phi) is 5.67. The summed E-state index contributed by atoms with van der Waals surface area (Å²) in [5.41, 5.74) is 2.34. The van der Waals surface area contributed by atoms with Gasteiger partial charge in [-0.2, -0.15) is 0 Å². The van der Waals surface area contributed by atoms with E-state index in [0.29, 0.717) is 13.0 Å². The van der Waals surface area contributed by atoms with E-state index in [1.165, 1.54) is 12.0 Å². The van der Waals surface area contributed by atoms with Gasteiger partial charge in [0.25, 0.3) is 0 Å². The highest BCUT2D eigenvalue weighted by atomic mass is 32.2. The molecule has 3 rings (SSSR count). The third kappa shape index (κ3) is 4.75. The van der Waals surface area contributed by atoms with Crippen molar-refractivity contribution in [3.05, 3.63) is 35.4 Å². The van der Waals surface area contributed by atoms with Gasteiger partial charge >= 0.3 is 6.03 Å². The Morgan fingerprint density at radius 3 is 2.52 bits per heavy atom. The number of carbonyl (C=O) groups is 1. The van der Waals surface area contributed by atoms with Crippen LogP contribution >= 0.6 is 0 Å². The summed E-state index contributed by atoms with van der Waals surface area (Å²) in [4.78, 5) is 14.9. The molecule has 0 bridgehead atoms. The predicted octanol–water partition coefficient (Wildman–Crippen LogP) is 3.03. The first-order chi connectivity index (χ1) is 11.9. The summed E-state index contributed by atoms with van der Waals surface area (Å²) in [7, 11) is -2.99. The summed E-state index contributed by atoms with van der Waals surface area (Å²) in [6, 6.07) is 8.02. The van der Waals surface area contributed by atoms with E-state index in [1.807, 2.05) is 17.0 Å². The van der Waals surface area contributed by atoms with Crippen LogP contribution in [-0.2, 0) is 16.4 Å². The van der Waals surface area contributed by atoms with Crippen molar-refractivity contribution >= 4 is 15.9 Å². The Morgan fingerprint density at radius 1 is 1.16 bits per heavy atom. The maximum absolute atomic E-state index is 12.9. The summed E-state index contributed by atoms with van der Waals surface area (Å²) < 4.78 is 23.3. The maximum atomic E-state index is 12.9. The smallest absolute Gasteiger partial charge is 0.318 e. The van der Waals surface area contributed by atoms with E-state index in [-0.39, 0.29) is 29.6 Å². The lowest BCUT2D eigenvalue weighted by molar-refractivity contribution is 0.148. The minimum Gasteiger partial charge on any atom is -0.334 e. The Balaban J connectivity index is 1.73. The molecule has 138 valence electrons. The van der Waals surface area contributed by atoms with E-state index in [2.05, 4.69) is 24.4 Å². The maximum Gasteiger partial charge on any atom is 0.318 e.